The Morgan fingerprint density at radius 1 is 0.931 bits per heavy atom. The summed E-state index contributed by atoms with van der Waals surface area (Å²) in [5.74, 6) is -4.93. The van der Waals surface area contributed by atoms with Crippen molar-refractivity contribution in [3.8, 4) is 0 Å². The molecule has 0 aromatic rings. The quantitative estimate of drug-likeness (QED) is 0.503. The summed E-state index contributed by atoms with van der Waals surface area (Å²) in [5.41, 5.74) is -1.14. The molecule has 0 aromatic carbocycles. The Labute approximate surface area is 164 Å². The molecule has 10 nitrogen and oxygen atoms in total. The molecule has 1 aliphatic carbocycles. The Bertz CT molecular complexity index is 969. The highest BCUT2D eigenvalue weighted by Gasteiger charge is 2.50. The molecule has 6 amide bonds. The first-order valence-electron chi connectivity index (χ1n) is 8.80. The van der Waals surface area contributed by atoms with Crippen LogP contribution in [-0.2, 0) is 28.8 Å². The topological polar surface area (TPSA) is 132 Å². The molecule has 3 heterocycles. The number of amides is 6. The van der Waals surface area contributed by atoms with E-state index in [1.165, 1.54) is 18.2 Å². The van der Waals surface area contributed by atoms with Gasteiger partial charge in [-0.1, -0.05) is 12.2 Å². The van der Waals surface area contributed by atoms with Crippen LogP contribution in [0.5, 0.6) is 0 Å². The molecule has 0 radical (unpaired) electrons. The Hall–Kier alpha value is -3.66. The summed E-state index contributed by atoms with van der Waals surface area (Å²) in [6.45, 7) is 0. The third-order valence-electron chi connectivity index (χ3n) is 5.35. The zero-order chi connectivity index (χ0) is 20.9. The number of imide groups is 3. The lowest BCUT2D eigenvalue weighted by molar-refractivity contribution is -0.172. The van der Waals surface area contributed by atoms with Crippen LogP contribution in [0.25, 0.3) is 0 Å². The first-order chi connectivity index (χ1) is 13.7. The van der Waals surface area contributed by atoms with Crippen LogP contribution in [0.2, 0.25) is 0 Å². The van der Waals surface area contributed by atoms with Crippen molar-refractivity contribution in [3.05, 3.63) is 48.2 Å². The molecular weight excluding hydrogens is 382 g/mol. The maximum Gasteiger partial charge on any atom is 0.257 e. The molecule has 0 saturated carbocycles. The number of carbonyl (C=O) groups is 6. The smallest absolute Gasteiger partial charge is 0.257 e. The van der Waals surface area contributed by atoms with E-state index >= 15 is 0 Å². The molecule has 4 aliphatic rings. The fourth-order valence-electron chi connectivity index (χ4n) is 4.10. The van der Waals surface area contributed by atoms with Gasteiger partial charge in [0.25, 0.3) is 35.4 Å². The van der Waals surface area contributed by atoms with Crippen LogP contribution in [0.3, 0.4) is 0 Å². The number of carbonyl (C=O) groups excluding carboxylic acids is 6. The Balaban J connectivity index is 1.71. The van der Waals surface area contributed by atoms with Gasteiger partial charge in [-0.05, 0) is 12.5 Å². The van der Waals surface area contributed by atoms with Crippen molar-refractivity contribution in [1.29, 1.82) is 0 Å². The summed E-state index contributed by atoms with van der Waals surface area (Å²) in [5, 5.41) is 9.59. The van der Waals surface area contributed by atoms with Crippen molar-refractivity contribution in [2.24, 2.45) is 5.92 Å². The number of hydrogen-bond acceptors (Lipinski definition) is 7. The maximum absolute atomic E-state index is 12.4. The number of hydroxylamine groups is 2. The van der Waals surface area contributed by atoms with E-state index < -0.39 is 46.9 Å². The first kappa shape index (κ1) is 18.7. The zero-order valence-corrected chi connectivity index (χ0v) is 15.0. The second-order valence-corrected chi connectivity index (χ2v) is 7.14. The van der Waals surface area contributed by atoms with Crippen molar-refractivity contribution in [3.63, 3.8) is 0 Å². The number of rotatable bonds is 4. The summed E-state index contributed by atoms with van der Waals surface area (Å²) in [7, 11) is 0. The Morgan fingerprint density at radius 3 is 2.07 bits per heavy atom. The molecule has 1 N–H and O–H groups in total. The lowest BCUT2D eigenvalue weighted by Gasteiger charge is -2.42. The van der Waals surface area contributed by atoms with Gasteiger partial charge in [0.1, 0.15) is 0 Å². The lowest BCUT2D eigenvalue weighted by atomic mass is 9.78. The molecule has 0 aromatic heterocycles. The SMILES string of the molecule is O=C1CC(CC2(N3C(=O)C=CC3=O)C=CC=C(N3C(=O)C=CC3=O)C2)C(=O)N1O. The van der Waals surface area contributed by atoms with Crippen LogP contribution >= 0.6 is 0 Å². The molecule has 10 heteroatoms. The summed E-state index contributed by atoms with van der Waals surface area (Å²) in [6, 6.07) is 0. The Kier molecular flexibility index (Phi) is 4.16. The van der Waals surface area contributed by atoms with Gasteiger partial charge in [-0.2, -0.15) is 5.06 Å². The maximum atomic E-state index is 12.4. The van der Waals surface area contributed by atoms with Gasteiger partial charge in [0.2, 0.25) is 0 Å². The predicted octanol–water partition coefficient (Wildman–Crippen LogP) is -0.427. The highest BCUT2D eigenvalue weighted by molar-refractivity contribution is 6.15. The van der Waals surface area contributed by atoms with Crippen LogP contribution in [-0.4, -0.2) is 61.1 Å². The van der Waals surface area contributed by atoms with Crippen molar-refractivity contribution in [2.75, 3.05) is 0 Å². The van der Waals surface area contributed by atoms with E-state index in [-0.39, 0.29) is 30.0 Å². The molecule has 4 rings (SSSR count). The summed E-state index contributed by atoms with van der Waals surface area (Å²) in [4.78, 5) is 74.8. The first-order valence-corrected chi connectivity index (χ1v) is 8.80. The molecule has 0 bridgehead atoms. The van der Waals surface area contributed by atoms with Crippen molar-refractivity contribution >= 4 is 35.4 Å². The van der Waals surface area contributed by atoms with Gasteiger partial charge in [-0.3, -0.25) is 38.9 Å². The summed E-state index contributed by atoms with van der Waals surface area (Å²) in [6.07, 6.45) is 8.41. The average Bonchev–Trinajstić information content (AvgIpc) is 3.27. The van der Waals surface area contributed by atoms with Gasteiger partial charge in [0.15, 0.2) is 0 Å². The third-order valence-corrected chi connectivity index (χ3v) is 5.35. The molecule has 3 aliphatic heterocycles. The van der Waals surface area contributed by atoms with E-state index in [0.29, 0.717) is 0 Å². The van der Waals surface area contributed by atoms with Crippen LogP contribution < -0.4 is 0 Å². The number of allylic oxidation sites excluding steroid dienone is 2. The minimum atomic E-state index is -1.39. The van der Waals surface area contributed by atoms with E-state index in [0.717, 1.165) is 34.1 Å². The van der Waals surface area contributed by atoms with E-state index in [1.807, 2.05) is 0 Å². The fraction of sp³-hybridized carbons (Fsp3) is 0.263. The van der Waals surface area contributed by atoms with Gasteiger partial charge in [0, 0.05) is 42.8 Å². The van der Waals surface area contributed by atoms with E-state index in [9.17, 15) is 34.0 Å². The van der Waals surface area contributed by atoms with Gasteiger partial charge < -0.3 is 0 Å². The molecule has 2 atom stereocenters. The van der Waals surface area contributed by atoms with Crippen molar-refractivity contribution < 1.29 is 34.0 Å². The van der Waals surface area contributed by atoms with Crippen LogP contribution in [0.4, 0.5) is 0 Å². The molecule has 29 heavy (non-hydrogen) atoms. The average molecular weight is 397 g/mol. The fourth-order valence-corrected chi connectivity index (χ4v) is 4.10. The van der Waals surface area contributed by atoms with E-state index in [4.69, 9.17) is 0 Å². The minimum absolute atomic E-state index is 0.0327. The van der Waals surface area contributed by atoms with Crippen LogP contribution in [0.15, 0.2) is 48.2 Å². The normalized spacial score (nSPS) is 29.2. The molecule has 148 valence electrons. The predicted molar refractivity (Wildman–Crippen MR) is 92.9 cm³/mol. The second-order valence-electron chi connectivity index (χ2n) is 7.14. The highest BCUT2D eigenvalue weighted by Crippen LogP contribution is 2.41. The molecule has 1 fully saturated rings. The minimum Gasteiger partial charge on any atom is -0.279 e. The van der Waals surface area contributed by atoms with E-state index in [1.54, 1.807) is 0 Å². The van der Waals surface area contributed by atoms with Gasteiger partial charge in [0.05, 0.1) is 11.5 Å². The summed E-state index contributed by atoms with van der Waals surface area (Å²) >= 11 is 0. The number of hydrogen-bond donors (Lipinski definition) is 1. The van der Waals surface area contributed by atoms with Crippen LogP contribution in [0, 0.1) is 5.92 Å². The van der Waals surface area contributed by atoms with Gasteiger partial charge in [-0.25, -0.2) is 4.90 Å². The monoisotopic (exact) mass is 397 g/mol. The lowest BCUT2D eigenvalue weighted by Crippen LogP contribution is -2.54. The van der Waals surface area contributed by atoms with Crippen molar-refractivity contribution in [1.82, 2.24) is 14.9 Å². The molecule has 2 unspecified atom stereocenters. The zero-order valence-electron chi connectivity index (χ0n) is 15.0. The number of nitrogens with zero attached hydrogens (tertiary/aromatic N) is 3. The summed E-state index contributed by atoms with van der Waals surface area (Å²) < 4.78 is 0. The van der Waals surface area contributed by atoms with Crippen molar-refractivity contribution in [2.45, 2.75) is 24.8 Å². The second kappa shape index (κ2) is 6.45. The van der Waals surface area contributed by atoms with Gasteiger partial charge in [-0.15, -0.1) is 0 Å². The Morgan fingerprint density at radius 2 is 1.52 bits per heavy atom. The largest absolute Gasteiger partial charge is 0.279 e. The van der Waals surface area contributed by atoms with E-state index in [2.05, 4.69) is 0 Å². The standard InChI is InChI=1S/C19H15N3O7/c23-13-3-4-14(24)20(13)12-2-1-7-19(10-12,21-15(25)5-6-16(21)26)9-11-8-17(27)22(29)18(11)28/h1-7,11,29H,8-10H2. The highest BCUT2D eigenvalue weighted by atomic mass is 16.5. The van der Waals surface area contributed by atoms with Crippen LogP contribution in [0.1, 0.15) is 19.3 Å². The molecule has 0 spiro atoms. The van der Waals surface area contributed by atoms with Gasteiger partial charge >= 0.3 is 0 Å². The molecular formula is C19H15N3O7. The third kappa shape index (κ3) is 2.85. The molecule has 1 saturated heterocycles.